The molecule has 0 amide bonds. The van der Waals surface area contributed by atoms with Crippen LogP contribution in [0.25, 0.3) is 0 Å². The van der Waals surface area contributed by atoms with Crippen molar-refractivity contribution in [2.24, 2.45) is 0 Å². The highest BCUT2D eigenvalue weighted by Crippen LogP contribution is 2.33. The average molecular weight is 324 g/mol. The molecule has 0 saturated heterocycles. The summed E-state index contributed by atoms with van der Waals surface area (Å²) in [6.07, 6.45) is 1.58. The van der Waals surface area contributed by atoms with Gasteiger partial charge >= 0.3 is 0 Å². The highest BCUT2D eigenvalue weighted by atomic mass is 79.9. The Morgan fingerprint density at radius 1 is 1.50 bits per heavy atom. The van der Waals surface area contributed by atoms with Crippen LogP contribution in [0.4, 0.5) is 10.8 Å². The Labute approximate surface area is 118 Å². The molecule has 2 aromatic rings. The minimum atomic E-state index is 0.601. The highest BCUT2D eigenvalue weighted by Gasteiger charge is 2.10. The summed E-state index contributed by atoms with van der Waals surface area (Å²) in [7, 11) is 3.54. The monoisotopic (exact) mass is 323 g/mol. The number of rotatable bonds is 3. The molecule has 6 heteroatoms. The van der Waals surface area contributed by atoms with E-state index in [0.29, 0.717) is 4.88 Å². The second-order valence-corrected chi connectivity index (χ2v) is 5.36. The molecule has 1 aromatic heterocycles. The van der Waals surface area contributed by atoms with E-state index in [-0.39, 0.29) is 0 Å². The standard InChI is InChI=1S/C12H10BrN3OS/c1-16(12-15-7-9(6-14)18-12)8-3-4-11(17-2)10(13)5-8/h3-5,7H,1-2H3. The number of halogens is 1. The van der Waals surface area contributed by atoms with E-state index in [0.717, 1.165) is 21.0 Å². The molecule has 92 valence electrons. The van der Waals surface area contributed by atoms with Gasteiger partial charge in [-0.05, 0) is 34.1 Å². The lowest BCUT2D eigenvalue weighted by atomic mass is 10.3. The Bertz CT molecular complexity index is 606. The van der Waals surface area contributed by atoms with E-state index in [1.165, 1.54) is 11.3 Å². The van der Waals surface area contributed by atoms with E-state index in [1.54, 1.807) is 13.3 Å². The molecule has 0 N–H and O–H groups in total. The van der Waals surface area contributed by atoms with Gasteiger partial charge in [-0.15, -0.1) is 0 Å². The number of nitriles is 1. The first kappa shape index (κ1) is 12.9. The number of benzene rings is 1. The lowest BCUT2D eigenvalue weighted by Crippen LogP contribution is -2.08. The van der Waals surface area contributed by atoms with E-state index < -0.39 is 0 Å². The number of ether oxygens (including phenoxy) is 1. The van der Waals surface area contributed by atoms with Crippen molar-refractivity contribution in [1.82, 2.24) is 4.98 Å². The largest absolute Gasteiger partial charge is 0.496 e. The third-order valence-electron chi connectivity index (χ3n) is 2.41. The van der Waals surface area contributed by atoms with Crippen LogP contribution in [0.3, 0.4) is 0 Å². The van der Waals surface area contributed by atoms with Crippen molar-refractivity contribution in [2.45, 2.75) is 0 Å². The highest BCUT2D eigenvalue weighted by molar-refractivity contribution is 9.10. The summed E-state index contributed by atoms with van der Waals surface area (Å²) in [6, 6.07) is 7.86. The topological polar surface area (TPSA) is 49.1 Å². The second kappa shape index (κ2) is 5.38. The van der Waals surface area contributed by atoms with Gasteiger partial charge in [0.15, 0.2) is 5.13 Å². The van der Waals surface area contributed by atoms with E-state index in [4.69, 9.17) is 10.00 Å². The van der Waals surface area contributed by atoms with Crippen LogP contribution in [-0.2, 0) is 0 Å². The first-order valence-electron chi connectivity index (χ1n) is 5.09. The predicted octanol–water partition coefficient (Wildman–Crippen LogP) is 3.55. The van der Waals surface area contributed by atoms with Gasteiger partial charge in [-0.25, -0.2) is 4.98 Å². The summed E-state index contributed by atoms with van der Waals surface area (Å²) >= 11 is 4.80. The zero-order valence-electron chi connectivity index (χ0n) is 9.85. The molecule has 0 fully saturated rings. The molecule has 1 aromatic carbocycles. The Balaban J connectivity index is 2.31. The van der Waals surface area contributed by atoms with Crippen molar-refractivity contribution in [3.05, 3.63) is 33.7 Å². The molecule has 0 spiro atoms. The lowest BCUT2D eigenvalue weighted by molar-refractivity contribution is 0.412. The molecule has 0 atom stereocenters. The van der Waals surface area contributed by atoms with Crippen molar-refractivity contribution >= 4 is 38.1 Å². The van der Waals surface area contributed by atoms with Gasteiger partial charge < -0.3 is 9.64 Å². The van der Waals surface area contributed by atoms with Gasteiger partial charge in [0.05, 0.1) is 17.8 Å². The van der Waals surface area contributed by atoms with Crippen LogP contribution in [0.1, 0.15) is 4.88 Å². The first-order valence-corrected chi connectivity index (χ1v) is 6.70. The van der Waals surface area contributed by atoms with Crippen molar-refractivity contribution in [3.8, 4) is 11.8 Å². The quantitative estimate of drug-likeness (QED) is 0.866. The minimum absolute atomic E-state index is 0.601. The summed E-state index contributed by atoms with van der Waals surface area (Å²) in [4.78, 5) is 6.74. The maximum atomic E-state index is 8.79. The molecule has 0 aliphatic carbocycles. The second-order valence-electron chi connectivity index (χ2n) is 3.50. The van der Waals surface area contributed by atoms with Gasteiger partial charge in [-0.3, -0.25) is 0 Å². The summed E-state index contributed by atoms with van der Waals surface area (Å²) in [5, 5.41) is 9.57. The summed E-state index contributed by atoms with van der Waals surface area (Å²) in [5.74, 6) is 0.781. The normalized spacial score (nSPS) is 9.89. The molecule has 18 heavy (non-hydrogen) atoms. The Morgan fingerprint density at radius 2 is 2.28 bits per heavy atom. The number of methoxy groups -OCH3 is 1. The number of thiazole rings is 1. The van der Waals surface area contributed by atoms with E-state index in [9.17, 15) is 0 Å². The van der Waals surface area contributed by atoms with Crippen molar-refractivity contribution < 1.29 is 4.74 Å². The third-order valence-corrected chi connectivity index (χ3v) is 4.01. The number of hydrogen-bond donors (Lipinski definition) is 0. The Hall–Kier alpha value is -1.58. The molecule has 0 aliphatic heterocycles. The zero-order valence-corrected chi connectivity index (χ0v) is 12.2. The molecule has 0 unspecified atom stereocenters. The van der Waals surface area contributed by atoms with Gasteiger partial charge in [0, 0.05) is 12.7 Å². The SMILES string of the molecule is COc1ccc(N(C)c2ncc(C#N)s2)cc1Br. The molecular weight excluding hydrogens is 314 g/mol. The van der Waals surface area contributed by atoms with Crippen LogP contribution >= 0.6 is 27.3 Å². The van der Waals surface area contributed by atoms with Crippen LogP contribution in [0, 0.1) is 11.3 Å². The minimum Gasteiger partial charge on any atom is -0.496 e. The molecule has 0 saturated carbocycles. The molecule has 0 bridgehead atoms. The van der Waals surface area contributed by atoms with E-state index in [2.05, 4.69) is 27.0 Å². The van der Waals surface area contributed by atoms with Gasteiger partial charge in [0.2, 0.25) is 0 Å². The molecular formula is C12H10BrN3OS. The lowest BCUT2D eigenvalue weighted by Gasteiger charge is -2.16. The van der Waals surface area contributed by atoms with Gasteiger partial charge in [0.25, 0.3) is 0 Å². The number of aromatic nitrogens is 1. The first-order chi connectivity index (χ1) is 8.65. The van der Waals surface area contributed by atoms with Crippen LogP contribution in [0.2, 0.25) is 0 Å². The fourth-order valence-electron chi connectivity index (χ4n) is 1.45. The fraction of sp³-hybridized carbons (Fsp3) is 0.167. The maximum absolute atomic E-state index is 8.79. The number of anilines is 2. The summed E-state index contributed by atoms with van der Waals surface area (Å²) < 4.78 is 6.07. The van der Waals surface area contributed by atoms with Crippen LogP contribution < -0.4 is 9.64 Å². The Morgan fingerprint density at radius 3 is 2.83 bits per heavy atom. The number of hydrogen-bond acceptors (Lipinski definition) is 5. The third kappa shape index (κ3) is 2.47. The van der Waals surface area contributed by atoms with Crippen LogP contribution in [-0.4, -0.2) is 19.1 Å². The van der Waals surface area contributed by atoms with Gasteiger partial charge in [-0.2, -0.15) is 5.26 Å². The molecule has 0 radical (unpaired) electrons. The average Bonchev–Trinajstić information content (AvgIpc) is 2.86. The molecule has 4 nitrogen and oxygen atoms in total. The van der Waals surface area contributed by atoms with Crippen LogP contribution in [0.5, 0.6) is 5.75 Å². The zero-order chi connectivity index (χ0) is 13.1. The summed E-state index contributed by atoms with van der Waals surface area (Å²) in [6.45, 7) is 0. The van der Waals surface area contributed by atoms with Crippen molar-refractivity contribution in [2.75, 3.05) is 19.1 Å². The predicted molar refractivity (Wildman–Crippen MR) is 75.6 cm³/mol. The van der Waals surface area contributed by atoms with E-state index >= 15 is 0 Å². The number of nitrogens with zero attached hydrogens (tertiary/aromatic N) is 3. The molecule has 0 aliphatic rings. The smallest absolute Gasteiger partial charge is 0.190 e. The van der Waals surface area contributed by atoms with Crippen LogP contribution in [0.15, 0.2) is 28.9 Å². The molecule has 1 heterocycles. The maximum Gasteiger partial charge on any atom is 0.190 e. The fourth-order valence-corrected chi connectivity index (χ4v) is 2.67. The Kier molecular flexibility index (Phi) is 3.84. The summed E-state index contributed by atoms with van der Waals surface area (Å²) in [5.41, 5.74) is 0.974. The van der Waals surface area contributed by atoms with Crippen molar-refractivity contribution in [3.63, 3.8) is 0 Å². The van der Waals surface area contributed by atoms with Gasteiger partial charge in [0.1, 0.15) is 16.7 Å². The van der Waals surface area contributed by atoms with Crippen molar-refractivity contribution in [1.29, 1.82) is 5.26 Å². The van der Waals surface area contributed by atoms with E-state index in [1.807, 2.05) is 30.1 Å². The van der Waals surface area contributed by atoms with Gasteiger partial charge in [-0.1, -0.05) is 11.3 Å². The molecule has 2 rings (SSSR count).